The van der Waals surface area contributed by atoms with Gasteiger partial charge in [-0.1, -0.05) is 45.4 Å². The summed E-state index contributed by atoms with van der Waals surface area (Å²) in [6.45, 7) is 6.83. The highest BCUT2D eigenvalue weighted by Crippen LogP contribution is 2.54. The van der Waals surface area contributed by atoms with E-state index in [-0.39, 0.29) is 42.1 Å². The van der Waals surface area contributed by atoms with E-state index in [2.05, 4.69) is 6.92 Å². The molecular weight excluding hydrogens is 396 g/mol. The first-order valence-corrected chi connectivity index (χ1v) is 12.7. The Kier molecular flexibility index (Phi) is 9.64. The third kappa shape index (κ3) is 6.92. The van der Waals surface area contributed by atoms with Gasteiger partial charge in [0.05, 0.1) is 43.5 Å². The van der Waals surface area contributed by atoms with E-state index in [1.54, 1.807) is 0 Å². The minimum atomic E-state index is -0.0853. The predicted molar refractivity (Wildman–Crippen MR) is 118 cm³/mol. The summed E-state index contributed by atoms with van der Waals surface area (Å²) in [5, 5.41) is 0. The number of esters is 2. The Hall–Kier alpha value is -1.14. The Morgan fingerprint density at radius 1 is 0.806 bits per heavy atom. The van der Waals surface area contributed by atoms with Crippen LogP contribution in [0.2, 0.25) is 0 Å². The molecule has 178 valence electrons. The Balaban J connectivity index is 1.38. The molecule has 0 aromatic carbocycles. The Morgan fingerprint density at radius 2 is 1.55 bits per heavy atom. The van der Waals surface area contributed by atoms with Crippen LogP contribution in [0.15, 0.2) is 0 Å². The standard InChI is InChI=1S/C25H42O6/c1-4-7-13-17-16-18(25(27)29-6-3)21(24-22(17)31-24)23-19(30-23)14-11-9-8-10-12-15-20(26)28-5-2/h17-19,21-24H,4-16H2,1-3H3. The van der Waals surface area contributed by atoms with Crippen LogP contribution in [0.4, 0.5) is 0 Å². The van der Waals surface area contributed by atoms with Gasteiger partial charge in [-0.15, -0.1) is 0 Å². The van der Waals surface area contributed by atoms with Crippen molar-refractivity contribution in [3.05, 3.63) is 0 Å². The molecule has 2 saturated heterocycles. The van der Waals surface area contributed by atoms with E-state index in [1.807, 2.05) is 13.8 Å². The molecule has 0 spiro atoms. The number of hydrogen-bond donors (Lipinski definition) is 0. The maximum Gasteiger partial charge on any atom is 0.309 e. The van der Waals surface area contributed by atoms with E-state index in [4.69, 9.17) is 18.9 Å². The largest absolute Gasteiger partial charge is 0.466 e. The van der Waals surface area contributed by atoms with Crippen LogP contribution in [-0.2, 0) is 28.5 Å². The van der Waals surface area contributed by atoms with Crippen molar-refractivity contribution < 1.29 is 28.5 Å². The van der Waals surface area contributed by atoms with Crippen LogP contribution in [0.25, 0.3) is 0 Å². The number of fused-ring (bicyclic) bond motifs is 1. The molecule has 2 heterocycles. The third-order valence-electron chi connectivity index (χ3n) is 7.12. The van der Waals surface area contributed by atoms with Gasteiger partial charge >= 0.3 is 11.9 Å². The highest BCUT2D eigenvalue weighted by atomic mass is 16.6. The van der Waals surface area contributed by atoms with Gasteiger partial charge in [0.15, 0.2) is 0 Å². The molecule has 6 heteroatoms. The lowest BCUT2D eigenvalue weighted by Crippen LogP contribution is -2.41. The smallest absolute Gasteiger partial charge is 0.309 e. The Labute approximate surface area is 187 Å². The van der Waals surface area contributed by atoms with Crippen LogP contribution >= 0.6 is 0 Å². The summed E-state index contributed by atoms with van der Waals surface area (Å²) in [5.74, 6) is 0.430. The molecule has 1 saturated carbocycles. The molecule has 0 N–H and O–H groups in total. The van der Waals surface area contributed by atoms with Crippen molar-refractivity contribution in [3.63, 3.8) is 0 Å². The number of unbranched alkanes of at least 4 members (excludes halogenated alkanes) is 5. The van der Waals surface area contributed by atoms with E-state index < -0.39 is 0 Å². The zero-order valence-electron chi connectivity index (χ0n) is 19.7. The number of epoxide rings is 2. The Bertz CT molecular complexity index is 578. The lowest BCUT2D eigenvalue weighted by Gasteiger charge is -2.31. The molecule has 1 aliphatic carbocycles. The van der Waals surface area contributed by atoms with Gasteiger partial charge in [0.25, 0.3) is 0 Å². The first-order chi connectivity index (χ1) is 15.1. The number of ether oxygens (including phenoxy) is 4. The second-order valence-corrected chi connectivity index (χ2v) is 9.39. The van der Waals surface area contributed by atoms with Crippen molar-refractivity contribution in [1.82, 2.24) is 0 Å². The van der Waals surface area contributed by atoms with Gasteiger partial charge in [-0.3, -0.25) is 9.59 Å². The fourth-order valence-electron chi connectivity index (χ4n) is 5.44. The zero-order valence-corrected chi connectivity index (χ0v) is 19.7. The van der Waals surface area contributed by atoms with Gasteiger partial charge in [-0.25, -0.2) is 0 Å². The fraction of sp³-hybridized carbons (Fsp3) is 0.920. The molecule has 0 aromatic heterocycles. The summed E-state index contributed by atoms with van der Waals surface area (Å²) < 4.78 is 22.5. The van der Waals surface area contributed by atoms with Crippen LogP contribution < -0.4 is 0 Å². The van der Waals surface area contributed by atoms with E-state index in [1.165, 1.54) is 12.8 Å². The second kappa shape index (κ2) is 12.2. The van der Waals surface area contributed by atoms with Gasteiger partial charge < -0.3 is 18.9 Å². The summed E-state index contributed by atoms with van der Waals surface area (Å²) in [7, 11) is 0. The lowest BCUT2D eigenvalue weighted by atomic mass is 9.70. The summed E-state index contributed by atoms with van der Waals surface area (Å²) in [6.07, 6.45) is 12.3. The SMILES string of the molecule is CCCCC1CC(C(=O)OCC)C(C2OC2CCCCCCCC(=O)OCC)C2OC12. The van der Waals surface area contributed by atoms with Crippen molar-refractivity contribution in [3.8, 4) is 0 Å². The van der Waals surface area contributed by atoms with Crippen molar-refractivity contribution >= 4 is 11.9 Å². The van der Waals surface area contributed by atoms with Crippen LogP contribution in [0, 0.1) is 17.8 Å². The van der Waals surface area contributed by atoms with E-state index in [9.17, 15) is 9.59 Å². The average molecular weight is 439 g/mol. The Morgan fingerprint density at radius 3 is 2.29 bits per heavy atom. The van der Waals surface area contributed by atoms with Gasteiger partial charge in [0.1, 0.15) is 0 Å². The predicted octanol–water partition coefficient (Wildman–Crippen LogP) is 4.82. The van der Waals surface area contributed by atoms with Crippen molar-refractivity contribution in [1.29, 1.82) is 0 Å². The molecule has 0 aromatic rings. The molecule has 6 nitrogen and oxygen atoms in total. The zero-order chi connectivity index (χ0) is 22.2. The molecule has 0 bridgehead atoms. The van der Waals surface area contributed by atoms with Crippen LogP contribution in [0.1, 0.15) is 91.4 Å². The number of hydrogen-bond acceptors (Lipinski definition) is 6. The quantitative estimate of drug-likeness (QED) is 0.207. The molecule has 3 rings (SSSR count). The molecule has 0 amide bonds. The van der Waals surface area contributed by atoms with Gasteiger partial charge in [-0.05, 0) is 45.4 Å². The molecular formula is C25H42O6. The number of rotatable bonds is 15. The molecule has 7 unspecified atom stereocenters. The highest BCUT2D eigenvalue weighted by molar-refractivity contribution is 5.73. The molecule has 2 aliphatic heterocycles. The second-order valence-electron chi connectivity index (χ2n) is 9.39. The van der Waals surface area contributed by atoms with Crippen LogP contribution in [0.3, 0.4) is 0 Å². The topological polar surface area (TPSA) is 77.7 Å². The molecule has 3 fully saturated rings. The van der Waals surface area contributed by atoms with Crippen LogP contribution in [0.5, 0.6) is 0 Å². The molecule has 7 atom stereocenters. The van der Waals surface area contributed by atoms with Crippen molar-refractivity contribution in [2.24, 2.45) is 17.8 Å². The first kappa shape index (κ1) is 24.5. The average Bonchev–Trinajstić information content (AvgIpc) is 3.66. The molecule has 0 radical (unpaired) electrons. The van der Waals surface area contributed by atoms with Gasteiger partial charge in [0, 0.05) is 12.3 Å². The monoisotopic (exact) mass is 438 g/mol. The minimum Gasteiger partial charge on any atom is -0.466 e. The lowest BCUT2D eigenvalue weighted by molar-refractivity contribution is -0.152. The maximum atomic E-state index is 12.7. The van der Waals surface area contributed by atoms with Crippen molar-refractivity contribution in [2.75, 3.05) is 13.2 Å². The summed E-state index contributed by atoms with van der Waals surface area (Å²) in [5.41, 5.74) is 0. The van der Waals surface area contributed by atoms with Crippen molar-refractivity contribution in [2.45, 2.75) is 116 Å². The van der Waals surface area contributed by atoms with Gasteiger partial charge in [-0.2, -0.15) is 0 Å². The van der Waals surface area contributed by atoms with Crippen LogP contribution in [-0.4, -0.2) is 49.6 Å². The third-order valence-corrected chi connectivity index (χ3v) is 7.12. The summed E-state index contributed by atoms with van der Waals surface area (Å²) >= 11 is 0. The molecule has 3 aliphatic rings. The highest BCUT2D eigenvalue weighted by Gasteiger charge is 2.64. The number of carbonyl (C=O) groups is 2. The van der Waals surface area contributed by atoms with E-state index in [0.717, 1.165) is 51.4 Å². The number of carbonyl (C=O) groups excluding carboxylic acids is 2. The van der Waals surface area contributed by atoms with Gasteiger partial charge in [0.2, 0.25) is 0 Å². The summed E-state index contributed by atoms with van der Waals surface area (Å²) in [6, 6.07) is 0. The normalized spacial score (nSPS) is 33.5. The minimum absolute atomic E-state index is 0.0567. The van der Waals surface area contributed by atoms with E-state index in [0.29, 0.717) is 31.7 Å². The fourth-order valence-corrected chi connectivity index (χ4v) is 5.44. The summed E-state index contributed by atoms with van der Waals surface area (Å²) in [4.78, 5) is 24.1. The maximum absolute atomic E-state index is 12.7. The first-order valence-electron chi connectivity index (χ1n) is 12.7. The van der Waals surface area contributed by atoms with E-state index >= 15 is 0 Å². The molecule has 31 heavy (non-hydrogen) atoms.